The van der Waals surface area contributed by atoms with E-state index >= 15 is 0 Å². The van der Waals surface area contributed by atoms with Crippen molar-refractivity contribution in [1.82, 2.24) is 14.8 Å². The van der Waals surface area contributed by atoms with Crippen LogP contribution in [0.15, 0.2) is 48.8 Å². The Bertz CT molecular complexity index is 1160. The predicted octanol–water partition coefficient (Wildman–Crippen LogP) is 4.11. The topological polar surface area (TPSA) is 124 Å². The number of pyridine rings is 1. The summed E-state index contributed by atoms with van der Waals surface area (Å²) >= 11 is 0. The molecule has 0 bridgehead atoms. The summed E-state index contributed by atoms with van der Waals surface area (Å²) in [4.78, 5) is 26.8. The monoisotopic (exact) mass is 417 g/mol. The van der Waals surface area contributed by atoms with E-state index in [4.69, 9.17) is 10.00 Å². The molecule has 31 heavy (non-hydrogen) atoms. The second kappa shape index (κ2) is 9.93. The zero-order valence-corrected chi connectivity index (χ0v) is 16.8. The van der Waals surface area contributed by atoms with E-state index in [-0.39, 0.29) is 23.6 Å². The van der Waals surface area contributed by atoms with Crippen molar-refractivity contribution in [2.45, 2.75) is 19.9 Å². The van der Waals surface area contributed by atoms with Crippen molar-refractivity contribution in [3.05, 3.63) is 75.7 Å². The number of nitriles is 1. The maximum Gasteiger partial charge on any atom is 0.340 e. The maximum absolute atomic E-state index is 12.3. The lowest BCUT2D eigenvalue weighted by Crippen LogP contribution is -2.08. The molecule has 0 aliphatic rings. The molecule has 0 N–H and O–H groups in total. The van der Waals surface area contributed by atoms with Crippen LogP contribution in [0, 0.1) is 21.4 Å². The highest BCUT2D eigenvalue weighted by atomic mass is 16.6. The van der Waals surface area contributed by atoms with Gasteiger partial charge in [-0.2, -0.15) is 10.4 Å². The molecular weight excluding hydrogens is 398 g/mol. The van der Waals surface area contributed by atoms with E-state index in [0.717, 1.165) is 23.4 Å². The number of esters is 1. The molecule has 2 heterocycles. The number of nitrogens with zero attached hydrogens (tertiary/aromatic N) is 5. The van der Waals surface area contributed by atoms with E-state index in [1.165, 1.54) is 0 Å². The molecule has 1 aromatic carbocycles. The Hall–Kier alpha value is -4.32. The Morgan fingerprint density at radius 1 is 1.32 bits per heavy atom. The third kappa shape index (κ3) is 5.19. The molecule has 0 atom stereocenters. The molecule has 3 rings (SSSR count). The molecule has 0 spiro atoms. The minimum atomic E-state index is -0.689. The third-order valence-corrected chi connectivity index (χ3v) is 4.32. The van der Waals surface area contributed by atoms with Gasteiger partial charge in [0.1, 0.15) is 6.20 Å². The van der Waals surface area contributed by atoms with Crippen LogP contribution in [0.3, 0.4) is 0 Å². The molecule has 9 nitrogen and oxygen atoms in total. The fourth-order valence-electron chi connectivity index (χ4n) is 2.90. The van der Waals surface area contributed by atoms with Crippen LogP contribution < -0.4 is 0 Å². The van der Waals surface area contributed by atoms with Gasteiger partial charge in [0.05, 0.1) is 47.5 Å². The number of rotatable bonds is 8. The van der Waals surface area contributed by atoms with Gasteiger partial charge in [-0.05, 0) is 19.1 Å². The van der Waals surface area contributed by atoms with Gasteiger partial charge in [-0.1, -0.05) is 30.3 Å². The molecule has 0 fully saturated rings. The first-order valence-corrected chi connectivity index (χ1v) is 9.53. The maximum atomic E-state index is 12.3. The molecule has 9 heteroatoms. The number of benzene rings is 1. The van der Waals surface area contributed by atoms with Crippen LogP contribution in [-0.2, 0) is 11.3 Å². The van der Waals surface area contributed by atoms with Gasteiger partial charge in [-0.3, -0.25) is 14.8 Å². The zero-order valence-electron chi connectivity index (χ0n) is 16.8. The fraction of sp³-hybridized carbons (Fsp3) is 0.182. The minimum absolute atomic E-state index is 0.00503. The van der Waals surface area contributed by atoms with Crippen LogP contribution in [0.1, 0.15) is 35.0 Å². The lowest BCUT2D eigenvalue weighted by molar-refractivity contribution is -0.385. The normalized spacial score (nSPS) is 10.7. The molecule has 2 aromatic heterocycles. The first-order chi connectivity index (χ1) is 15.0. The summed E-state index contributed by atoms with van der Waals surface area (Å²) < 4.78 is 6.70. The number of hydrogen-bond donors (Lipinski definition) is 0. The van der Waals surface area contributed by atoms with E-state index in [2.05, 4.69) is 16.2 Å². The van der Waals surface area contributed by atoms with Crippen LogP contribution in [0.2, 0.25) is 0 Å². The van der Waals surface area contributed by atoms with Gasteiger partial charge in [-0.25, -0.2) is 9.78 Å². The predicted molar refractivity (Wildman–Crippen MR) is 114 cm³/mol. The lowest BCUT2D eigenvalue weighted by Gasteiger charge is -2.05. The average molecular weight is 417 g/mol. The summed E-state index contributed by atoms with van der Waals surface area (Å²) in [6.45, 7) is 2.22. The Labute approximate surface area is 178 Å². The van der Waals surface area contributed by atoms with Crippen molar-refractivity contribution in [2.24, 2.45) is 0 Å². The Kier molecular flexibility index (Phi) is 6.85. The number of hydrogen-bond acceptors (Lipinski definition) is 7. The van der Waals surface area contributed by atoms with Crippen molar-refractivity contribution in [1.29, 1.82) is 5.26 Å². The van der Waals surface area contributed by atoms with Crippen LogP contribution >= 0.6 is 0 Å². The number of carbonyl (C=O) groups excluding carboxylic acids is 1. The van der Waals surface area contributed by atoms with Crippen molar-refractivity contribution >= 4 is 23.8 Å². The van der Waals surface area contributed by atoms with Crippen LogP contribution in [0.25, 0.3) is 23.4 Å². The van der Waals surface area contributed by atoms with E-state index in [1.54, 1.807) is 30.0 Å². The van der Waals surface area contributed by atoms with E-state index in [1.807, 2.05) is 30.3 Å². The largest absolute Gasteiger partial charge is 0.462 e. The van der Waals surface area contributed by atoms with Crippen LogP contribution in [-0.4, -0.2) is 32.3 Å². The quantitative estimate of drug-likeness (QED) is 0.307. The van der Waals surface area contributed by atoms with Crippen LogP contribution in [0.5, 0.6) is 0 Å². The highest BCUT2D eigenvalue weighted by molar-refractivity contribution is 5.95. The van der Waals surface area contributed by atoms with Gasteiger partial charge in [-0.15, -0.1) is 0 Å². The van der Waals surface area contributed by atoms with Gasteiger partial charge in [0.2, 0.25) is 0 Å². The minimum Gasteiger partial charge on any atom is -0.462 e. The van der Waals surface area contributed by atoms with Crippen molar-refractivity contribution in [2.75, 3.05) is 6.61 Å². The molecule has 0 amide bonds. The van der Waals surface area contributed by atoms with E-state index in [0.29, 0.717) is 18.7 Å². The van der Waals surface area contributed by atoms with Gasteiger partial charge in [0, 0.05) is 23.4 Å². The number of nitro groups is 1. The zero-order chi connectivity index (χ0) is 22.2. The molecular formula is C22H19N5O4. The Morgan fingerprint density at radius 3 is 2.77 bits per heavy atom. The highest BCUT2D eigenvalue weighted by Gasteiger charge is 2.18. The number of aryl methyl sites for hydroxylation is 1. The first kappa shape index (κ1) is 21.4. The van der Waals surface area contributed by atoms with Crippen LogP contribution in [0.4, 0.5) is 5.69 Å². The molecule has 0 radical (unpaired) electrons. The number of carbonyl (C=O) groups is 1. The smallest absolute Gasteiger partial charge is 0.340 e. The summed E-state index contributed by atoms with van der Waals surface area (Å²) in [5.74, 6) is -0.689. The standard InChI is InChI=1S/C22H19N5O4/c1-2-31-22(28)19-13-18(27(29)30)14-24-20(19)10-9-17-15-26(12-6-11-23)25-21(17)16-7-4-3-5-8-16/h3-5,7-10,13-15H,2,6,12H2,1H3/b10-9+. The fourth-order valence-corrected chi connectivity index (χ4v) is 2.90. The van der Waals surface area contributed by atoms with Crippen molar-refractivity contribution < 1.29 is 14.5 Å². The molecule has 0 saturated carbocycles. The third-order valence-electron chi connectivity index (χ3n) is 4.32. The van der Waals surface area contributed by atoms with Gasteiger partial charge in [0.25, 0.3) is 5.69 Å². The second-order valence-corrected chi connectivity index (χ2v) is 6.41. The van der Waals surface area contributed by atoms with Gasteiger partial charge >= 0.3 is 5.97 Å². The highest BCUT2D eigenvalue weighted by Crippen LogP contribution is 2.25. The Balaban J connectivity index is 2.02. The van der Waals surface area contributed by atoms with E-state index in [9.17, 15) is 14.9 Å². The Morgan fingerprint density at radius 2 is 2.10 bits per heavy atom. The number of aromatic nitrogens is 3. The summed E-state index contributed by atoms with van der Waals surface area (Å²) in [6, 6.07) is 12.8. The van der Waals surface area contributed by atoms with Gasteiger partial charge in [0.15, 0.2) is 0 Å². The lowest BCUT2D eigenvalue weighted by atomic mass is 10.1. The number of ether oxygens (including phenoxy) is 1. The molecule has 0 saturated heterocycles. The summed E-state index contributed by atoms with van der Waals surface area (Å²) in [5, 5.41) is 24.5. The molecule has 0 aliphatic heterocycles. The summed E-state index contributed by atoms with van der Waals surface area (Å²) in [7, 11) is 0. The average Bonchev–Trinajstić information content (AvgIpc) is 3.20. The summed E-state index contributed by atoms with van der Waals surface area (Å²) in [5.41, 5.74) is 2.29. The van der Waals surface area contributed by atoms with E-state index < -0.39 is 10.9 Å². The second-order valence-electron chi connectivity index (χ2n) is 6.41. The van der Waals surface area contributed by atoms with Crippen molar-refractivity contribution in [3.63, 3.8) is 0 Å². The van der Waals surface area contributed by atoms with Gasteiger partial charge < -0.3 is 4.74 Å². The molecule has 0 aliphatic carbocycles. The molecule has 0 unspecified atom stereocenters. The molecule has 3 aromatic rings. The SMILES string of the molecule is CCOC(=O)c1cc([N+](=O)[O-])cnc1/C=C/c1cn(CCC#N)nc1-c1ccccc1. The summed E-state index contributed by atoms with van der Waals surface area (Å²) in [6.07, 6.45) is 6.53. The first-order valence-electron chi connectivity index (χ1n) is 9.53. The molecule has 156 valence electrons. The van der Waals surface area contributed by atoms with Crippen molar-refractivity contribution in [3.8, 4) is 17.3 Å².